The van der Waals surface area contributed by atoms with Crippen molar-refractivity contribution in [3.05, 3.63) is 24.0 Å². The number of carbonyl (C=O) groups is 2. The highest BCUT2D eigenvalue weighted by molar-refractivity contribution is 5.94. The molecule has 1 amide bonds. The van der Waals surface area contributed by atoms with Crippen molar-refractivity contribution >= 4 is 11.9 Å². The third kappa shape index (κ3) is 3.73. The molecule has 1 aromatic rings. The lowest BCUT2D eigenvalue weighted by molar-refractivity contribution is -0.137. The Morgan fingerprint density at radius 1 is 1.39 bits per heavy atom. The maximum absolute atomic E-state index is 12.1. The first kappa shape index (κ1) is 14.0. The molecule has 18 heavy (non-hydrogen) atoms. The second kappa shape index (κ2) is 6.00. The Hall–Kier alpha value is -2.11. The molecular formula is C12H16N2O4. The van der Waals surface area contributed by atoms with Gasteiger partial charge in [0.1, 0.15) is 5.75 Å². The number of carboxylic acids is 1. The molecule has 1 aromatic heterocycles. The van der Waals surface area contributed by atoms with Gasteiger partial charge in [-0.2, -0.15) is 0 Å². The van der Waals surface area contributed by atoms with E-state index in [0.717, 1.165) is 0 Å². The molecule has 0 saturated heterocycles. The van der Waals surface area contributed by atoms with Gasteiger partial charge < -0.3 is 15.1 Å². The zero-order valence-corrected chi connectivity index (χ0v) is 10.3. The van der Waals surface area contributed by atoms with Crippen LogP contribution in [0.15, 0.2) is 18.5 Å². The average molecular weight is 252 g/mol. The highest BCUT2D eigenvalue weighted by Crippen LogP contribution is 2.13. The standard InChI is InChI=1S/C12H16N2O4/c1-8(2)14(4-3-11(16)17)12(18)9-5-10(15)7-13-6-9/h5-8,15H,3-4H2,1-2H3,(H,16,17). The van der Waals surface area contributed by atoms with E-state index in [2.05, 4.69) is 4.98 Å². The van der Waals surface area contributed by atoms with Crippen LogP contribution in [0, 0.1) is 0 Å². The van der Waals surface area contributed by atoms with Crippen molar-refractivity contribution < 1.29 is 19.8 Å². The molecule has 0 fully saturated rings. The molecule has 6 nitrogen and oxygen atoms in total. The van der Waals surface area contributed by atoms with Gasteiger partial charge in [0.2, 0.25) is 0 Å². The smallest absolute Gasteiger partial charge is 0.305 e. The van der Waals surface area contributed by atoms with Crippen LogP contribution in [0.1, 0.15) is 30.6 Å². The van der Waals surface area contributed by atoms with Crippen molar-refractivity contribution in [2.75, 3.05) is 6.54 Å². The third-order valence-electron chi connectivity index (χ3n) is 2.42. The maximum atomic E-state index is 12.1. The Morgan fingerprint density at radius 3 is 2.56 bits per heavy atom. The number of pyridine rings is 1. The van der Waals surface area contributed by atoms with Crippen molar-refractivity contribution in [3.63, 3.8) is 0 Å². The van der Waals surface area contributed by atoms with Crippen LogP contribution in [0.2, 0.25) is 0 Å². The summed E-state index contributed by atoms with van der Waals surface area (Å²) in [5.41, 5.74) is 0.245. The first-order valence-corrected chi connectivity index (χ1v) is 5.58. The second-order valence-corrected chi connectivity index (χ2v) is 4.17. The van der Waals surface area contributed by atoms with Crippen LogP contribution >= 0.6 is 0 Å². The van der Waals surface area contributed by atoms with E-state index in [1.165, 1.54) is 23.4 Å². The zero-order chi connectivity index (χ0) is 13.7. The molecule has 0 saturated carbocycles. The van der Waals surface area contributed by atoms with Crippen molar-refractivity contribution in [2.45, 2.75) is 26.3 Å². The molecule has 0 aliphatic heterocycles. The van der Waals surface area contributed by atoms with E-state index in [9.17, 15) is 14.7 Å². The normalized spacial score (nSPS) is 10.4. The van der Waals surface area contributed by atoms with E-state index in [4.69, 9.17) is 5.11 Å². The summed E-state index contributed by atoms with van der Waals surface area (Å²) in [6.07, 6.45) is 2.46. The predicted molar refractivity (Wildman–Crippen MR) is 64.3 cm³/mol. The summed E-state index contributed by atoms with van der Waals surface area (Å²) < 4.78 is 0. The third-order valence-corrected chi connectivity index (χ3v) is 2.42. The molecule has 0 radical (unpaired) electrons. The van der Waals surface area contributed by atoms with Crippen LogP contribution in [0.4, 0.5) is 0 Å². The van der Waals surface area contributed by atoms with Crippen molar-refractivity contribution in [2.24, 2.45) is 0 Å². The first-order valence-electron chi connectivity index (χ1n) is 5.58. The van der Waals surface area contributed by atoms with E-state index in [1.54, 1.807) is 13.8 Å². The lowest BCUT2D eigenvalue weighted by Gasteiger charge is -2.26. The van der Waals surface area contributed by atoms with Crippen molar-refractivity contribution in [1.82, 2.24) is 9.88 Å². The first-order chi connectivity index (χ1) is 8.41. The van der Waals surface area contributed by atoms with Crippen LogP contribution in [-0.2, 0) is 4.79 Å². The summed E-state index contributed by atoms with van der Waals surface area (Å²) in [5, 5.41) is 17.9. The minimum atomic E-state index is -0.956. The van der Waals surface area contributed by atoms with Gasteiger partial charge in [-0.3, -0.25) is 14.6 Å². The summed E-state index contributed by atoms with van der Waals surface area (Å²) in [6, 6.07) is 1.19. The van der Waals surface area contributed by atoms with E-state index < -0.39 is 5.97 Å². The SMILES string of the molecule is CC(C)N(CCC(=O)O)C(=O)c1cncc(O)c1. The molecule has 1 rings (SSSR count). The average Bonchev–Trinajstić information content (AvgIpc) is 2.28. The number of hydrogen-bond donors (Lipinski definition) is 2. The summed E-state index contributed by atoms with van der Waals surface area (Å²) in [7, 11) is 0. The minimum Gasteiger partial charge on any atom is -0.506 e. The van der Waals surface area contributed by atoms with Crippen LogP contribution in [-0.4, -0.2) is 44.6 Å². The van der Waals surface area contributed by atoms with Gasteiger partial charge in [-0.25, -0.2) is 0 Å². The lowest BCUT2D eigenvalue weighted by atomic mass is 10.2. The van der Waals surface area contributed by atoms with Gasteiger partial charge in [0.15, 0.2) is 0 Å². The minimum absolute atomic E-state index is 0.0946. The summed E-state index contributed by atoms with van der Waals surface area (Å²) >= 11 is 0. The number of aromatic nitrogens is 1. The van der Waals surface area contributed by atoms with E-state index in [0.29, 0.717) is 0 Å². The number of nitrogens with zero attached hydrogens (tertiary/aromatic N) is 2. The monoisotopic (exact) mass is 252 g/mol. The summed E-state index contributed by atoms with van der Waals surface area (Å²) in [6.45, 7) is 3.73. The maximum Gasteiger partial charge on any atom is 0.305 e. The van der Waals surface area contributed by atoms with Crippen LogP contribution in [0.3, 0.4) is 0 Å². The van der Waals surface area contributed by atoms with Gasteiger partial charge in [-0.1, -0.05) is 0 Å². The van der Waals surface area contributed by atoms with Gasteiger partial charge in [-0.05, 0) is 19.9 Å². The number of aliphatic carboxylic acids is 1. The Kier molecular flexibility index (Phi) is 4.65. The van der Waals surface area contributed by atoms with E-state index >= 15 is 0 Å². The fourth-order valence-electron chi connectivity index (χ4n) is 1.52. The highest BCUT2D eigenvalue weighted by atomic mass is 16.4. The van der Waals surface area contributed by atoms with Crippen molar-refractivity contribution in [3.8, 4) is 5.75 Å². The largest absolute Gasteiger partial charge is 0.506 e. The van der Waals surface area contributed by atoms with Crippen molar-refractivity contribution in [1.29, 1.82) is 0 Å². The number of carbonyl (C=O) groups excluding carboxylic acids is 1. The fourth-order valence-corrected chi connectivity index (χ4v) is 1.52. The molecule has 2 N–H and O–H groups in total. The van der Waals surface area contributed by atoms with Gasteiger partial charge >= 0.3 is 5.97 Å². The molecule has 0 unspecified atom stereocenters. The predicted octanol–water partition coefficient (Wildman–Crippen LogP) is 1.11. The van der Waals surface area contributed by atoms with E-state index in [1.807, 2.05) is 0 Å². The molecule has 98 valence electrons. The highest BCUT2D eigenvalue weighted by Gasteiger charge is 2.20. The topological polar surface area (TPSA) is 90.7 Å². The molecule has 0 aliphatic carbocycles. The molecule has 6 heteroatoms. The quantitative estimate of drug-likeness (QED) is 0.819. The molecule has 0 aliphatic rings. The van der Waals surface area contributed by atoms with Gasteiger partial charge in [-0.15, -0.1) is 0 Å². The zero-order valence-electron chi connectivity index (χ0n) is 10.3. The lowest BCUT2D eigenvalue weighted by Crippen LogP contribution is -2.38. The van der Waals surface area contributed by atoms with Gasteiger partial charge in [0.05, 0.1) is 18.2 Å². The summed E-state index contributed by atoms with van der Waals surface area (Å²) in [4.78, 5) is 27.8. The summed E-state index contributed by atoms with van der Waals surface area (Å²) in [5.74, 6) is -1.39. The number of rotatable bonds is 5. The van der Waals surface area contributed by atoms with Crippen LogP contribution in [0.25, 0.3) is 0 Å². The van der Waals surface area contributed by atoms with Gasteiger partial charge in [0, 0.05) is 18.8 Å². The Bertz CT molecular complexity index is 445. The van der Waals surface area contributed by atoms with E-state index in [-0.39, 0.29) is 36.2 Å². The number of amides is 1. The second-order valence-electron chi connectivity index (χ2n) is 4.17. The number of hydrogen-bond acceptors (Lipinski definition) is 4. The van der Waals surface area contributed by atoms with Crippen LogP contribution in [0.5, 0.6) is 5.75 Å². The number of carboxylic acid groups (broad SMARTS) is 1. The molecule has 1 heterocycles. The molecule has 0 spiro atoms. The Labute approximate surface area is 105 Å². The van der Waals surface area contributed by atoms with Gasteiger partial charge in [0.25, 0.3) is 5.91 Å². The molecule has 0 bridgehead atoms. The molecular weight excluding hydrogens is 236 g/mol. The molecule has 0 atom stereocenters. The van der Waals surface area contributed by atoms with Crippen LogP contribution < -0.4 is 0 Å². The number of aromatic hydroxyl groups is 1. The Balaban J connectivity index is 2.85. The Morgan fingerprint density at radius 2 is 2.06 bits per heavy atom. The fraction of sp³-hybridized carbons (Fsp3) is 0.417. The molecule has 0 aromatic carbocycles.